The molecule has 3 rings (SSSR count). The summed E-state index contributed by atoms with van der Waals surface area (Å²) in [6.45, 7) is 1.31. The summed E-state index contributed by atoms with van der Waals surface area (Å²) in [6.07, 6.45) is 1.54. The van der Waals surface area contributed by atoms with Gasteiger partial charge in [-0.15, -0.1) is 0 Å². The molecule has 1 saturated heterocycles. The second-order valence-corrected chi connectivity index (χ2v) is 4.90. The van der Waals surface area contributed by atoms with Crippen LogP contribution in [0.2, 0.25) is 5.02 Å². The Morgan fingerprint density at radius 3 is 2.76 bits per heavy atom. The molecule has 1 amide bonds. The van der Waals surface area contributed by atoms with Gasteiger partial charge < -0.3 is 15.4 Å². The molecular weight excluding hydrogens is 240 g/mol. The number of carbonyl (C=O) groups excluding carboxylic acids is 1. The predicted molar refractivity (Wildman–Crippen MR) is 65.3 cm³/mol. The van der Waals surface area contributed by atoms with Crippen LogP contribution in [0.3, 0.4) is 0 Å². The van der Waals surface area contributed by atoms with Crippen molar-refractivity contribution in [2.75, 3.05) is 18.5 Å². The molecule has 0 aliphatic carbocycles. The standard InChI is InChI=1S/C12H13ClN2O2/c13-8-1-2-9-10(7-8)14-12(15-11(9)16)3-5-17-6-4-12/h1-2,7,14H,3-6H2,(H,15,16). The Morgan fingerprint density at radius 1 is 1.24 bits per heavy atom. The minimum Gasteiger partial charge on any atom is -0.381 e. The maximum Gasteiger partial charge on any atom is 0.255 e. The van der Waals surface area contributed by atoms with E-state index in [4.69, 9.17) is 16.3 Å². The Bertz CT molecular complexity index is 470. The lowest BCUT2D eigenvalue weighted by Gasteiger charge is -2.42. The van der Waals surface area contributed by atoms with E-state index in [0.717, 1.165) is 18.5 Å². The predicted octanol–water partition coefficient (Wildman–Crippen LogP) is 2.00. The number of halogens is 1. The van der Waals surface area contributed by atoms with Crippen molar-refractivity contribution in [2.45, 2.75) is 18.5 Å². The monoisotopic (exact) mass is 252 g/mol. The third-order valence-corrected chi connectivity index (χ3v) is 3.53. The Kier molecular flexibility index (Phi) is 2.49. The number of nitrogens with one attached hydrogen (secondary N) is 2. The molecule has 1 aromatic rings. The van der Waals surface area contributed by atoms with Crippen LogP contribution in [0, 0.1) is 0 Å². The Morgan fingerprint density at radius 2 is 2.00 bits per heavy atom. The van der Waals surface area contributed by atoms with Crippen molar-refractivity contribution >= 4 is 23.2 Å². The summed E-state index contributed by atoms with van der Waals surface area (Å²) in [4.78, 5) is 12.0. The number of hydrogen-bond acceptors (Lipinski definition) is 3. The van der Waals surface area contributed by atoms with E-state index in [1.54, 1.807) is 18.2 Å². The number of amides is 1. The molecular formula is C12H13ClN2O2. The molecule has 17 heavy (non-hydrogen) atoms. The van der Waals surface area contributed by atoms with Gasteiger partial charge in [0.05, 0.1) is 24.5 Å². The van der Waals surface area contributed by atoms with Gasteiger partial charge in [-0.25, -0.2) is 0 Å². The van der Waals surface area contributed by atoms with Crippen LogP contribution in [0.5, 0.6) is 0 Å². The average Bonchev–Trinajstić information content (AvgIpc) is 2.29. The van der Waals surface area contributed by atoms with Gasteiger partial charge in [-0.3, -0.25) is 4.79 Å². The number of anilines is 1. The minimum absolute atomic E-state index is 0.0442. The van der Waals surface area contributed by atoms with Gasteiger partial charge in [0, 0.05) is 17.9 Å². The summed E-state index contributed by atoms with van der Waals surface area (Å²) in [5.74, 6) is -0.0442. The highest BCUT2D eigenvalue weighted by Crippen LogP contribution is 2.32. The van der Waals surface area contributed by atoms with E-state index in [1.807, 2.05) is 0 Å². The van der Waals surface area contributed by atoms with E-state index in [9.17, 15) is 4.79 Å². The first kappa shape index (κ1) is 10.9. The van der Waals surface area contributed by atoms with Crippen LogP contribution in [-0.2, 0) is 4.74 Å². The van der Waals surface area contributed by atoms with Gasteiger partial charge in [0.15, 0.2) is 0 Å². The van der Waals surface area contributed by atoms with Crippen LogP contribution >= 0.6 is 11.6 Å². The van der Waals surface area contributed by atoms with Crippen molar-refractivity contribution in [1.29, 1.82) is 0 Å². The van der Waals surface area contributed by atoms with Gasteiger partial charge in [-0.2, -0.15) is 0 Å². The molecule has 0 saturated carbocycles. The number of rotatable bonds is 0. The summed E-state index contributed by atoms with van der Waals surface area (Å²) < 4.78 is 5.33. The maximum atomic E-state index is 12.0. The fraction of sp³-hybridized carbons (Fsp3) is 0.417. The van der Waals surface area contributed by atoms with Gasteiger partial charge in [-0.05, 0) is 18.2 Å². The number of benzene rings is 1. The molecule has 5 heteroatoms. The van der Waals surface area contributed by atoms with E-state index >= 15 is 0 Å². The molecule has 1 aromatic carbocycles. The summed E-state index contributed by atoms with van der Waals surface area (Å²) >= 11 is 5.96. The summed E-state index contributed by atoms with van der Waals surface area (Å²) in [5.41, 5.74) is 1.09. The lowest BCUT2D eigenvalue weighted by molar-refractivity contribution is 0.0436. The lowest BCUT2D eigenvalue weighted by Crippen LogP contribution is -2.60. The molecule has 1 spiro atoms. The molecule has 0 unspecified atom stereocenters. The summed E-state index contributed by atoms with van der Waals surface area (Å²) in [5, 5.41) is 7.05. The second-order valence-electron chi connectivity index (χ2n) is 4.46. The van der Waals surface area contributed by atoms with Crippen LogP contribution in [0.15, 0.2) is 18.2 Å². The van der Waals surface area contributed by atoms with Gasteiger partial charge in [0.1, 0.15) is 5.66 Å². The number of carbonyl (C=O) groups is 1. The molecule has 0 bridgehead atoms. The average molecular weight is 253 g/mol. The fourth-order valence-electron chi connectivity index (χ4n) is 2.36. The first-order valence-electron chi connectivity index (χ1n) is 5.67. The summed E-state index contributed by atoms with van der Waals surface area (Å²) in [7, 11) is 0. The topological polar surface area (TPSA) is 50.4 Å². The minimum atomic E-state index is -0.368. The van der Waals surface area contributed by atoms with Crippen molar-refractivity contribution in [1.82, 2.24) is 5.32 Å². The third-order valence-electron chi connectivity index (χ3n) is 3.30. The van der Waals surface area contributed by atoms with Crippen LogP contribution in [0.25, 0.3) is 0 Å². The van der Waals surface area contributed by atoms with E-state index in [0.29, 0.717) is 23.8 Å². The van der Waals surface area contributed by atoms with Gasteiger partial charge in [-0.1, -0.05) is 11.6 Å². The van der Waals surface area contributed by atoms with Crippen LogP contribution in [0.4, 0.5) is 5.69 Å². The molecule has 0 atom stereocenters. The van der Waals surface area contributed by atoms with Crippen molar-refractivity contribution < 1.29 is 9.53 Å². The van der Waals surface area contributed by atoms with Crippen LogP contribution < -0.4 is 10.6 Å². The Hall–Kier alpha value is -1.26. The SMILES string of the molecule is O=C1NC2(CCOCC2)Nc2cc(Cl)ccc21. The molecule has 0 aromatic heterocycles. The highest BCUT2D eigenvalue weighted by atomic mass is 35.5. The third kappa shape index (κ3) is 1.87. The van der Waals surface area contributed by atoms with Gasteiger partial charge in [0.2, 0.25) is 0 Å². The first-order chi connectivity index (χ1) is 8.19. The smallest absolute Gasteiger partial charge is 0.255 e. The maximum absolute atomic E-state index is 12.0. The zero-order chi connectivity index (χ0) is 11.9. The number of fused-ring (bicyclic) bond motifs is 1. The van der Waals surface area contributed by atoms with Gasteiger partial charge in [0.25, 0.3) is 5.91 Å². The zero-order valence-corrected chi connectivity index (χ0v) is 10.0. The Labute approximate surface area is 104 Å². The quantitative estimate of drug-likeness (QED) is 0.743. The highest BCUT2D eigenvalue weighted by Gasteiger charge is 2.38. The zero-order valence-electron chi connectivity index (χ0n) is 9.25. The van der Waals surface area contributed by atoms with Crippen molar-refractivity contribution in [3.63, 3.8) is 0 Å². The molecule has 4 nitrogen and oxygen atoms in total. The molecule has 2 aliphatic rings. The lowest BCUT2D eigenvalue weighted by atomic mass is 9.95. The highest BCUT2D eigenvalue weighted by molar-refractivity contribution is 6.31. The van der Waals surface area contributed by atoms with Crippen LogP contribution in [0.1, 0.15) is 23.2 Å². The molecule has 90 valence electrons. The molecule has 1 fully saturated rings. The van der Waals surface area contributed by atoms with E-state index in [1.165, 1.54) is 0 Å². The second kappa shape index (κ2) is 3.89. The number of hydrogen-bond donors (Lipinski definition) is 2. The van der Waals surface area contributed by atoms with Gasteiger partial charge >= 0.3 is 0 Å². The number of ether oxygens (including phenoxy) is 1. The van der Waals surface area contributed by atoms with Crippen LogP contribution in [-0.4, -0.2) is 24.8 Å². The largest absolute Gasteiger partial charge is 0.381 e. The van der Waals surface area contributed by atoms with E-state index in [2.05, 4.69) is 10.6 Å². The first-order valence-corrected chi connectivity index (χ1v) is 6.04. The van der Waals surface area contributed by atoms with Crippen molar-refractivity contribution in [3.8, 4) is 0 Å². The molecule has 2 N–H and O–H groups in total. The van der Waals surface area contributed by atoms with E-state index in [-0.39, 0.29) is 11.6 Å². The molecule has 0 radical (unpaired) electrons. The van der Waals surface area contributed by atoms with E-state index < -0.39 is 0 Å². The fourth-order valence-corrected chi connectivity index (χ4v) is 2.53. The normalized spacial score (nSPS) is 21.6. The molecule has 2 heterocycles. The van der Waals surface area contributed by atoms with Crippen molar-refractivity contribution in [3.05, 3.63) is 28.8 Å². The molecule has 2 aliphatic heterocycles. The van der Waals surface area contributed by atoms with Crippen molar-refractivity contribution in [2.24, 2.45) is 0 Å². The summed E-state index contributed by atoms with van der Waals surface area (Å²) in [6, 6.07) is 5.27. The Balaban J connectivity index is 1.98.